The number of allylic oxidation sites excluding steroid dienone is 1. The molecule has 4 atom stereocenters. The normalized spacial score (nSPS) is 30.3. The van der Waals surface area contributed by atoms with Crippen molar-refractivity contribution in [3.63, 3.8) is 0 Å². The fourth-order valence-corrected chi connectivity index (χ4v) is 4.82. The number of hydrogen-bond donors (Lipinski definition) is 3. The van der Waals surface area contributed by atoms with E-state index >= 15 is 0 Å². The molecule has 192 valence electrons. The Hall–Kier alpha value is -3.09. The highest BCUT2D eigenvalue weighted by Crippen LogP contribution is 2.45. The fraction of sp³-hybridized carbons (Fsp3) is 0.720. The van der Waals surface area contributed by atoms with Gasteiger partial charge in [-0.15, -0.1) is 0 Å². The molecule has 0 aromatic carbocycles. The number of alkyl carbamates (subject to hydrolysis) is 1. The maximum absolute atomic E-state index is 13.5. The van der Waals surface area contributed by atoms with Crippen LogP contribution in [-0.2, 0) is 19.1 Å². The van der Waals surface area contributed by atoms with Crippen molar-refractivity contribution in [1.29, 1.82) is 5.26 Å². The van der Waals surface area contributed by atoms with Crippen LogP contribution in [0.1, 0.15) is 72.1 Å². The second kappa shape index (κ2) is 11.1. The zero-order valence-electron chi connectivity index (χ0n) is 20.9. The Balaban J connectivity index is 1.81. The van der Waals surface area contributed by atoms with E-state index in [2.05, 4.69) is 16.0 Å². The molecular weight excluding hydrogens is 450 g/mol. The topological polar surface area (TPSA) is 141 Å². The lowest BCUT2D eigenvalue weighted by atomic mass is 10.0. The van der Waals surface area contributed by atoms with Gasteiger partial charge in [-0.1, -0.05) is 25.0 Å². The molecule has 0 unspecified atom stereocenters. The van der Waals surface area contributed by atoms with Gasteiger partial charge in [0.25, 0.3) is 0 Å². The first-order valence-electron chi connectivity index (χ1n) is 12.5. The molecule has 2 aliphatic heterocycles. The van der Waals surface area contributed by atoms with Crippen molar-refractivity contribution in [3.8, 4) is 6.07 Å². The molecule has 0 radical (unpaired) electrons. The summed E-state index contributed by atoms with van der Waals surface area (Å²) in [5, 5.41) is 17.1. The Morgan fingerprint density at radius 2 is 2.00 bits per heavy atom. The summed E-state index contributed by atoms with van der Waals surface area (Å²) in [6, 6.07) is 0.380. The van der Waals surface area contributed by atoms with E-state index in [1.807, 2.05) is 18.2 Å². The summed E-state index contributed by atoms with van der Waals surface area (Å²) in [7, 11) is 0. The van der Waals surface area contributed by atoms with Crippen LogP contribution >= 0.6 is 0 Å². The van der Waals surface area contributed by atoms with Gasteiger partial charge in [-0.25, -0.2) is 4.79 Å². The minimum absolute atomic E-state index is 0.140. The van der Waals surface area contributed by atoms with Crippen LogP contribution in [0.15, 0.2) is 12.2 Å². The number of nitriles is 1. The Kier molecular flexibility index (Phi) is 8.41. The largest absolute Gasteiger partial charge is 0.444 e. The molecule has 0 bridgehead atoms. The van der Waals surface area contributed by atoms with E-state index in [1.54, 1.807) is 20.8 Å². The first-order valence-corrected chi connectivity index (χ1v) is 12.5. The Labute approximate surface area is 206 Å². The third-order valence-corrected chi connectivity index (χ3v) is 6.65. The molecule has 1 saturated carbocycles. The van der Waals surface area contributed by atoms with Crippen LogP contribution in [0.2, 0.25) is 0 Å². The number of nitrogens with one attached hydrogen (secondary N) is 3. The van der Waals surface area contributed by atoms with Crippen LogP contribution < -0.4 is 16.0 Å². The summed E-state index contributed by atoms with van der Waals surface area (Å²) < 4.78 is 5.36. The lowest BCUT2D eigenvalue weighted by Crippen LogP contribution is -2.58. The van der Waals surface area contributed by atoms with E-state index in [-0.39, 0.29) is 30.2 Å². The lowest BCUT2D eigenvalue weighted by molar-refractivity contribution is -0.141. The van der Waals surface area contributed by atoms with Crippen LogP contribution in [0.5, 0.6) is 0 Å². The molecule has 10 nitrogen and oxygen atoms in total. The van der Waals surface area contributed by atoms with Crippen LogP contribution in [0.4, 0.5) is 4.79 Å². The Bertz CT molecular complexity index is 905. The van der Waals surface area contributed by atoms with Gasteiger partial charge < -0.3 is 25.6 Å². The maximum atomic E-state index is 13.5. The van der Waals surface area contributed by atoms with Crippen LogP contribution in [0.3, 0.4) is 0 Å². The van der Waals surface area contributed by atoms with Gasteiger partial charge in [0.2, 0.25) is 17.7 Å². The maximum Gasteiger partial charge on any atom is 0.408 e. The predicted octanol–water partition coefficient (Wildman–Crippen LogP) is 1.91. The standard InChI is InChI=1S/C25H37N5O5/c1-24(2,3)35-23(34)28-18-11-8-6-4-5-7-10-17-16-25(17,22(33)27-14-13-26)29-20(31)19-12-9-15-30(19)21(18)32/h7,10,17-19H,4-6,8-9,11-12,14-16H2,1-3H3,(H,27,33)(H,28,34)(H,29,31)/b10-7-/t17-,18-,19-,25+/m0/s1. The van der Waals surface area contributed by atoms with Gasteiger partial charge >= 0.3 is 6.09 Å². The van der Waals surface area contributed by atoms with Crippen LogP contribution in [0, 0.1) is 17.2 Å². The predicted molar refractivity (Wildman–Crippen MR) is 128 cm³/mol. The van der Waals surface area contributed by atoms with E-state index < -0.39 is 29.3 Å². The van der Waals surface area contributed by atoms with Gasteiger partial charge in [0.05, 0.1) is 6.07 Å². The number of carbonyl (C=O) groups excluding carboxylic acids is 4. The number of fused-ring (bicyclic) bond motifs is 2. The molecule has 0 aromatic rings. The first-order chi connectivity index (χ1) is 16.6. The third kappa shape index (κ3) is 6.74. The minimum atomic E-state index is -1.10. The molecule has 0 spiro atoms. The van der Waals surface area contributed by atoms with Gasteiger partial charge in [-0.2, -0.15) is 5.26 Å². The molecule has 0 aromatic heterocycles. The number of hydrogen-bond acceptors (Lipinski definition) is 6. The Morgan fingerprint density at radius 3 is 2.71 bits per heavy atom. The van der Waals surface area contributed by atoms with Crippen molar-refractivity contribution in [2.75, 3.05) is 13.1 Å². The monoisotopic (exact) mass is 487 g/mol. The van der Waals surface area contributed by atoms with Crippen LogP contribution in [-0.4, -0.2) is 65.0 Å². The highest BCUT2D eigenvalue weighted by atomic mass is 16.6. The zero-order valence-corrected chi connectivity index (χ0v) is 20.9. The summed E-state index contributed by atoms with van der Waals surface area (Å²) in [6.07, 6.45) is 8.72. The number of rotatable bonds is 3. The summed E-state index contributed by atoms with van der Waals surface area (Å²) >= 11 is 0. The van der Waals surface area contributed by atoms with Gasteiger partial charge in [-0.3, -0.25) is 14.4 Å². The first kappa shape index (κ1) is 26.5. The van der Waals surface area contributed by atoms with Crippen molar-refractivity contribution in [3.05, 3.63) is 12.2 Å². The van der Waals surface area contributed by atoms with Crippen molar-refractivity contribution in [2.24, 2.45) is 5.92 Å². The average molecular weight is 488 g/mol. The quantitative estimate of drug-likeness (QED) is 0.410. The second-order valence-corrected chi connectivity index (χ2v) is 10.6. The summed E-state index contributed by atoms with van der Waals surface area (Å²) in [6.45, 7) is 5.53. The van der Waals surface area contributed by atoms with Crippen LogP contribution in [0.25, 0.3) is 0 Å². The third-order valence-electron chi connectivity index (χ3n) is 6.65. The molecule has 2 fully saturated rings. The van der Waals surface area contributed by atoms with E-state index in [0.29, 0.717) is 32.2 Å². The summed E-state index contributed by atoms with van der Waals surface area (Å²) in [5.41, 5.74) is -1.80. The summed E-state index contributed by atoms with van der Waals surface area (Å²) in [4.78, 5) is 53.6. The van der Waals surface area contributed by atoms with Gasteiger partial charge in [0.1, 0.15) is 29.8 Å². The molecular formula is C25H37N5O5. The van der Waals surface area contributed by atoms with Crippen molar-refractivity contribution < 1.29 is 23.9 Å². The average Bonchev–Trinajstić information content (AvgIpc) is 3.24. The summed E-state index contributed by atoms with van der Waals surface area (Å²) in [5.74, 6) is -1.23. The highest BCUT2D eigenvalue weighted by molar-refractivity contribution is 5.98. The zero-order chi connectivity index (χ0) is 25.6. The van der Waals surface area contributed by atoms with E-state index in [0.717, 1.165) is 25.7 Å². The van der Waals surface area contributed by atoms with E-state index in [1.165, 1.54) is 4.90 Å². The SMILES string of the molecule is CC(C)(C)OC(=O)N[C@H]1CCCCC/C=C\[C@H]2C[C@@]2(C(=O)NCC#N)NC(=O)[C@@H]2CCCN2C1=O. The molecule has 2 heterocycles. The van der Waals surface area contributed by atoms with Crippen molar-refractivity contribution in [1.82, 2.24) is 20.9 Å². The number of amides is 4. The smallest absolute Gasteiger partial charge is 0.408 e. The van der Waals surface area contributed by atoms with E-state index in [9.17, 15) is 19.2 Å². The second-order valence-electron chi connectivity index (χ2n) is 10.6. The molecule has 4 amide bonds. The molecule has 10 heteroatoms. The molecule has 3 rings (SSSR count). The molecule has 3 N–H and O–H groups in total. The molecule has 3 aliphatic rings. The molecule has 1 aliphatic carbocycles. The Morgan fingerprint density at radius 1 is 1.23 bits per heavy atom. The lowest BCUT2D eigenvalue weighted by Gasteiger charge is -2.30. The highest BCUT2D eigenvalue weighted by Gasteiger charge is 2.60. The number of ether oxygens (including phenoxy) is 1. The number of carbonyl (C=O) groups is 4. The fourth-order valence-electron chi connectivity index (χ4n) is 4.82. The van der Waals surface area contributed by atoms with Crippen molar-refractivity contribution in [2.45, 2.75) is 95.4 Å². The number of nitrogens with zero attached hydrogens (tertiary/aromatic N) is 2. The minimum Gasteiger partial charge on any atom is -0.444 e. The molecule has 1 saturated heterocycles. The van der Waals surface area contributed by atoms with Crippen molar-refractivity contribution >= 4 is 23.8 Å². The van der Waals surface area contributed by atoms with Gasteiger partial charge in [0, 0.05) is 12.5 Å². The molecule has 35 heavy (non-hydrogen) atoms. The van der Waals surface area contributed by atoms with E-state index in [4.69, 9.17) is 10.00 Å². The van der Waals surface area contributed by atoms with Gasteiger partial charge in [-0.05, 0) is 59.3 Å². The van der Waals surface area contributed by atoms with Gasteiger partial charge in [0.15, 0.2) is 0 Å².